The largest absolute Gasteiger partial charge is 0.325 e. The zero-order valence-corrected chi connectivity index (χ0v) is 15.2. The number of rotatable bonds is 4. The lowest BCUT2D eigenvalue weighted by atomic mass is 10.1. The lowest BCUT2D eigenvalue weighted by Gasteiger charge is -2.08. The zero-order valence-electron chi connectivity index (χ0n) is 13.6. The number of thioether (sulfide) groups is 1. The Morgan fingerprint density at radius 2 is 2.08 bits per heavy atom. The maximum absolute atomic E-state index is 12.1. The van der Waals surface area contributed by atoms with Crippen molar-refractivity contribution in [2.75, 3.05) is 11.1 Å². The van der Waals surface area contributed by atoms with E-state index in [0.29, 0.717) is 15.4 Å². The van der Waals surface area contributed by atoms with Gasteiger partial charge >= 0.3 is 0 Å². The number of anilines is 1. The number of amides is 1. The fourth-order valence-corrected chi connectivity index (χ4v) is 3.97. The first-order valence-corrected chi connectivity index (χ1v) is 9.23. The van der Waals surface area contributed by atoms with Gasteiger partial charge in [-0.1, -0.05) is 29.5 Å². The SMILES string of the molecule is Cc1ccc(NC(=O)CSc2nc3sc(C)cc3c(=O)[nH]2)c(C)c1. The molecule has 0 atom stereocenters. The van der Waals surface area contributed by atoms with Gasteiger partial charge in [-0.05, 0) is 38.5 Å². The third kappa shape index (κ3) is 3.68. The lowest BCUT2D eigenvalue weighted by molar-refractivity contribution is -0.113. The average Bonchev–Trinajstić information content (AvgIpc) is 2.89. The van der Waals surface area contributed by atoms with Gasteiger partial charge in [-0.3, -0.25) is 9.59 Å². The molecule has 3 rings (SSSR count). The molecule has 3 aromatic rings. The minimum Gasteiger partial charge on any atom is -0.325 e. The summed E-state index contributed by atoms with van der Waals surface area (Å²) >= 11 is 2.70. The van der Waals surface area contributed by atoms with E-state index in [1.165, 1.54) is 23.1 Å². The summed E-state index contributed by atoms with van der Waals surface area (Å²) in [5.41, 5.74) is 2.81. The molecular weight excluding hydrogens is 342 g/mol. The molecular formula is C17H17N3O2S2. The van der Waals surface area contributed by atoms with E-state index in [-0.39, 0.29) is 17.2 Å². The van der Waals surface area contributed by atoms with E-state index in [0.717, 1.165) is 21.7 Å². The van der Waals surface area contributed by atoms with E-state index in [1.54, 1.807) is 0 Å². The van der Waals surface area contributed by atoms with Crippen LogP contribution >= 0.6 is 23.1 Å². The van der Waals surface area contributed by atoms with E-state index in [9.17, 15) is 9.59 Å². The van der Waals surface area contributed by atoms with Crippen LogP contribution in [0.15, 0.2) is 34.2 Å². The summed E-state index contributed by atoms with van der Waals surface area (Å²) in [6.07, 6.45) is 0. The van der Waals surface area contributed by atoms with Crippen molar-refractivity contribution in [2.24, 2.45) is 0 Å². The van der Waals surface area contributed by atoms with Gasteiger partial charge in [0.05, 0.1) is 11.1 Å². The first-order chi connectivity index (χ1) is 11.4. The Labute approximate surface area is 147 Å². The molecule has 0 aliphatic heterocycles. The topological polar surface area (TPSA) is 74.8 Å². The number of aromatic amines is 1. The number of hydrogen-bond donors (Lipinski definition) is 2. The Bertz CT molecular complexity index is 976. The predicted molar refractivity (Wildman–Crippen MR) is 100 cm³/mol. The van der Waals surface area contributed by atoms with Crippen LogP contribution in [-0.2, 0) is 4.79 Å². The highest BCUT2D eigenvalue weighted by atomic mass is 32.2. The number of fused-ring (bicyclic) bond motifs is 1. The molecule has 1 aromatic carbocycles. The van der Waals surface area contributed by atoms with Crippen LogP contribution in [0.5, 0.6) is 0 Å². The van der Waals surface area contributed by atoms with E-state index >= 15 is 0 Å². The number of benzene rings is 1. The van der Waals surface area contributed by atoms with E-state index in [1.807, 2.05) is 45.0 Å². The number of aryl methyl sites for hydroxylation is 3. The van der Waals surface area contributed by atoms with Crippen molar-refractivity contribution in [2.45, 2.75) is 25.9 Å². The number of carbonyl (C=O) groups excluding carboxylic acids is 1. The van der Waals surface area contributed by atoms with Gasteiger partial charge in [0, 0.05) is 10.6 Å². The number of thiophene rings is 1. The zero-order chi connectivity index (χ0) is 17.3. The van der Waals surface area contributed by atoms with Gasteiger partial charge in [-0.2, -0.15) is 0 Å². The highest BCUT2D eigenvalue weighted by Crippen LogP contribution is 2.23. The van der Waals surface area contributed by atoms with E-state index in [4.69, 9.17) is 0 Å². The Hall–Kier alpha value is -2.12. The van der Waals surface area contributed by atoms with Gasteiger partial charge in [0.15, 0.2) is 5.16 Å². The van der Waals surface area contributed by atoms with Crippen molar-refractivity contribution < 1.29 is 4.79 Å². The molecule has 7 heteroatoms. The number of H-pyrrole nitrogens is 1. The van der Waals surface area contributed by atoms with Crippen LogP contribution in [0, 0.1) is 20.8 Å². The van der Waals surface area contributed by atoms with Crippen molar-refractivity contribution in [1.29, 1.82) is 0 Å². The Morgan fingerprint density at radius 3 is 2.83 bits per heavy atom. The Kier molecular flexibility index (Phi) is 4.73. The van der Waals surface area contributed by atoms with Crippen molar-refractivity contribution in [3.63, 3.8) is 0 Å². The molecule has 5 nitrogen and oxygen atoms in total. The maximum Gasteiger partial charge on any atom is 0.260 e. The fraction of sp³-hybridized carbons (Fsp3) is 0.235. The Morgan fingerprint density at radius 1 is 1.29 bits per heavy atom. The second-order valence-electron chi connectivity index (χ2n) is 5.60. The highest BCUT2D eigenvalue weighted by molar-refractivity contribution is 7.99. The predicted octanol–water partition coefficient (Wildman–Crippen LogP) is 3.64. The van der Waals surface area contributed by atoms with Crippen LogP contribution in [0.3, 0.4) is 0 Å². The summed E-state index contributed by atoms with van der Waals surface area (Å²) in [6.45, 7) is 5.91. The van der Waals surface area contributed by atoms with Crippen LogP contribution in [0.25, 0.3) is 10.2 Å². The molecule has 0 saturated carbocycles. The Balaban J connectivity index is 1.69. The molecule has 2 aromatic heterocycles. The molecule has 0 unspecified atom stereocenters. The number of aromatic nitrogens is 2. The number of hydrogen-bond acceptors (Lipinski definition) is 5. The minimum absolute atomic E-state index is 0.128. The number of nitrogens with one attached hydrogen (secondary N) is 2. The van der Waals surface area contributed by atoms with Gasteiger partial charge in [-0.15, -0.1) is 11.3 Å². The van der Waals surface area contributed by atoms with Crippen LogP contribution in [0.2, 0.25) is 0 Å². The molecule has 24 heavy (non-hydrogen) atoms. The summed E-state index contributed by atoms with van der Waals surface area (Å²) in [5.74, 6) is 0.0589. The van der Waals surface area contributed by atoms with E-state index in [2.05, 4.69) is 15.3 Å². The highest BCUT2D eigenvalue weighted by Gasteiger charge is 2.10. The molecule has 0 aliphatic carbocycles. The van der Waals surface area contributed by atoms with Gasteiger partial charge in [-0.25, -0.2) is 4.98 Å². The standard InChI is InChI=1S/C17H17N3O2S2/c1-9-4-5-13(10(2)6-9)18-14(21)8-23-17-19-15(22)12-7-11(3)24-16(12)20-17/h4-7H,8H2,1-3H3,(H,18,21)(H,19,20,22). The molecule has 1 amide bonds. The molecule has 2 N–H and O–H groups in total. The third-order valence-electron chi connectivity index (χ3n) is 3.50. The van der Waals surface area contributed by atoms with Crippen LogP contribution in [0.4, 0.5) is 5.69 Å². The summed E-state index contributed by atoms with van der Waals surface area (Å²) in [6, 6.07) is 7.71. The molecule has 0 fully saturated rings. The van der Waals surface area contributed by atoms with Crippen molar-refractivity contribution in [3.05, 3.63) is 50.6 Å². The molecule has 0 bridgehead atoms. The van der Waals surface area contributed by atoms with E-state index < -0.39 is 0 Å². The molecule has 0 spiro atoms. The summed E-state index contributed by atoms with van der Waals surface area (Å²) in [5, 5.41) is 3.95. The molecule has 0 saturated heterocycles. The second kappa shape index (κ2) is 6.78. The molecule has 0 radical (unpaired) electrons. The monoisotopic (exact) mass is 359 g/mol. The average molecular weight is 359 g/mol. The van der Waals surface area contributed by atoms with Gasteiger partial charge < -0.3 is 10.3 Å². The van der Waals surface area contributed by atoms with Crippen LogP contribution < -0.4 is 10.9 Å². The fourth-order valence-electron chi connectivity index (χ4n) is 2.37. The first kappa shape index (κ1) is 16.7. The van der Waals surface area contributed by atoms with Crippen LogP contribution in [0.1, 0.15) is 16.0 Å². The summed E-state index contributed by atoms with van der Waals surface area (Å²) < 4.78 is 0. The second-order valence-corrected chi connectivity index (χ2v) is 7.80. The lowest BCUT2D eigenvalue weighted by Crippen LogP contribution is -2.16. The normalized spacial score (nSPS) is 11.0. The van der Waals surface area contributed by atoms with Gasteiger partial charge in [0.25, 0.3) is 5.56 Å². The number of carbonyl (C=O) groups is 1. The summed E-state index contributed by atoms with van der Waals surface area (Å²) in [7, 11) is 0. The third-order valence-corrected chi connectivity index (χ3v) is 5.32. The minimum atomic E-state index is -0.165. The van der Waals surface area contributed by atoms with Crippen molar-refractivity contribution >= 4 is 44.9 Å². The van der Waals surface area contributed by atoms with Crippen LogP contribution in [-0.4, -0.2) is 21.6 Å². The van der Waals surface area contributed by atoms with Crippen molar-refractivity contribution in [1.82, 2.24) is 9.97 Å². The molecule has 2 heterocycles. The quantitative estimate of drug-likeness (QED) is 0.551. The summed E-state index contributed by atoms with van der Waals surface area (Å²) in [4.78, 5) is 33.0. The van der Waals surface area contributed by atoms with Gasteiger partial charge in [0.2, 0.25) is 5.91 Å². The first-order valence-electron chi connectivity index (χ1n) is 7.43. The molecule has 0 aliphatic rings. The van der Waals surface area contributed by atoms with Gasteiger partial charge in [0.1, 0.15) is 4.83 Å². The van der Waals surface area contributed by atoms with Crippen molar-refractivity contribution in [3.8, 4) is 0 Å². The molecule has 124 valence electrons. The number of nitrogens with zero attached hydrogens (tertiary/aromatic N) is 1. The smallest absolute Gasteiger partial charge is 0.260 e. The maximum atomic E-state index is 12.1.